The van der Waals surface area contributed by atoms with Gasteiger partial charge in [-0.05, 0) is 56.2 Å². The van der Waals surface area contributed by atoms with Crippen LogP contribution in [0.2, 0.25) is 0 Å². The highest BCUT2D eigenvalue weighted by molar-refractivity contribution is 5.97. The van der Waals surface area contributed by atoms with Crippen LogP contribution in [0.1, 0.15) is 33.6 Å². The molecule has 0 fully saturated rings. The molecule has 0 saturated heterocycles. The molecule has 5 rings (SSSR count). The Kier molecular flexibility index (Phi) is 6.48. The molecule has 0 aliphatic rings. The molecule has 4 aromatic heterocycles. The molecule has 194 valence electrons. The molecule has 0 aliphatic carbocycles. The molecule has 38 heavy (non-hydrogen) atoms. The summed E-state index contributed by atoms with van der Waals surface area (Å²) in [5, 5.41) is 8.10. The summed E-state index contributed by atoms with van der Waals surface area (Å²) >= 11 is 0. The van der Waals surface area contributed by atoms with Crippen molar-refractivity contribution in [1.82, 2.24) is 24.7 Å². The fourth-order valence-corrected chi connectivity index (χ4v) is 4.40. The first kappa shape index (κ1) is 25.2. The number of hydrogen-bond acceptors (Lipinski definition) is 5. The summed E-state index contributed by atoms with van der Waals surface area (Å²) in [6, 6.07) is 11.0. The van der Waals surface area contributed by atoms with Crippen LogP contribution in [0.3, 0.4) is 0 Å². The smallest absolute Gasteiger partial charge is 0.416 e. The van der Waals surface area contributed by atoms with Gasteiger partial charge in [-0.3, -0.25) is 14.9 Å². The van der Waals surface area contributed by atoms with E-state index in [2.05, 4.69) is 15.2 Å². The van der Waals surface area contributed by atoms with E-state index in [4.69, 9.17) is 9.72 Å². The summed E-state index contributed by atoms with van der Waals surface area (Å²) in [5.41, 5.74) is 4.81. The number of nitrogens with one attached hydrogen (secondary N) is 1. The molecule has 7 nitrogen and oxygen atoms in total. The van der Waals surface area contributed by atoms with E-state index in [1.54, 1.807) is 12.4 Å². The first-order valence-electron chi connectivity index (χ1n) is 11.9. The number of hydrogen-bond donors (Lipinski definition) is 1. The predicted molar refractivity (Wildman–Crippen MR) is 137 cm³/mol. The number of aromatic nitrogens is 5. The Morgan fingerprint density at radius 1 is 1.05 bits per heavy atom. The lowest BCUT2D eigenvalue weighted by Gasteiger charge is -2.16. The van der Waals surface area contributed by atoms with Gasteiger partial charge in [0.1, 0.15) is 17.9 Å². The zero-order valence-corrected chi connectivity index (χ0v) is 20.9. The third-order valence-corrected chi connectivity index (χ3v) is 6.42. The average Bonchev–Trinajstić information content (AvgIpc) is 3.29. The van der Waals surface area contributed by atoms with Crippen LogP contribution in [0.15, 0.2) is 65.8 Å². The molecule has 5 aromatic rings. The summed E-state index contributed by atoms with van der Waals surface area (Å²) in [5.74, 6) is 0.575. The lowest BCUT2D eigenvalue weighted by atomic mass is 10.0. The summed E-state index contributed by atoms with van der Waals surface area (Å²) in [6.45, 7) is 5.93. The number of pyridine rings is 3. The second-order valence-corrected chi connectivity index (χ2v) is 9.11. The van der Waals surface area contributed by atoms with Gasteiger partial charge >= 0.3 is 6.18 Å². The molecule has 0 spiro atoms. The van der Waals surface area contributed by atoms with Crippen molar-refractivity contribution in [3.63, 3.8) is 0 Å². The number of ether oxygens (including phenoxy) is 1. The minimum atomic E-state index is -4.58. The number of para-hydroxylation sites is 1. The Hall–Kier alpha value is -4.47. The van der Waals surface area contributed by atoms with E-state index in [0.717, 1.165) is 51.3 Å². The molecule has 4 heterocycles. The summed E-state index contributed by atoms with van der Waals surface area (Å²) < 4.78 is 46.4. The van der Waals surface area contributed by atoms with Crippen LogP contribution in [0, 0.1) is 20.8 Å². The predicted octanol–water partition coefficient (Wildman–Crippen LogP) is 5.75. The van der Waals surface area contributed by atoms with Crippen LogP contribution >= 0.6 is 0 Å². The van der Waals surface area contributed by atoms with E-state index >= 15 is 0 Å². The van der Waals surface area contributed by atoms with Gasteiger partial charge in [-0.15, -0.1) is 0 Å². The molecule has 0 bridgehead atoms. The largest absolute Gasteiger partial charge is 0.487 e. The highest BCUT2D eigenvalue weighted by Crippen LogP contribution is 2.34. The zero-order valence-electron chi connectivity index (χ0n) is 20.9. The standard InChI is InChI=1S/C28H24F3N5O2/c1-16-7-9-32-23(14-36-10-8-19(12-25(36)37)28(29,30)31)22(16)15-38-24-6-4-5-20-21(11-18(3)34-27(20)24)26-17(2)13-33-35-26/h4-13H,14-15H2,1-3H3,(H,33,35). The number of fused-ring (bicyclic) bond motifs is 1. The topological polar surface area (TPSA) is 85.7 Å². The molecule has 0 amide bonds. The summed E-state index contributed by atoms with van der Waals surface area (Å²) in [4.78, 5) is 21.5. The second-order valence-electron chi connectivity index (χ2n) is 9.11. The minimum Gasteiger partial charge on any atom is -0.487 e. The Labute approximate surface area is 216 Å². The second kappa shape index (κ2) is 9.77. The van der Waals surface area contributed by atoms with Crippen LogP contribution in [-0.4, -0.2) is 24.7 Å². The van der Waals surface area contributed by atoms with Crippen molar-refractivity contribution in [2.45, 2.75) is 40.1 Å². The first-order chi connectivity index (χ1) is 18.1. The molecular weight excluding hydrogens is 495 g/mol. The highest BCUT2D eigenvalue weighted by atomic mass is 19.4. The maximum atomic E-state index is 13.0. The molecular formula is C28H24F3N5O2. The van der Waals surface area contributed by atoms with Gasteiger partial charge in [0.05, 0.1) is 29.7 Å². The Bertz CT molecular complexity index is 1710. The molecule has 1 N–H and O–H groups in total. The number of benzene rings is 1. The fourth-order valence-electron chi connectivity index (χ4n) is 4.40. The van der Waals surface area contributed by atoms with E-state index in [9.17, 15) is 18.0 Å². The molecule has 0 saturated carbocycles. The number of rotatable bonds is 6. The number of aromatic amines is 1. The van der Waals surface area contributed by atoms with Crippen LogP contribution < -0.4 is 10.3 Å². The van der Waals surface area contributed by atoms with Crippen LogP contribution in [0.4, 0.5) is 13.2 Å². The summed E-state index contributed by atoms with van der Waals surface area (Å²) in [6.07, 6.45) is -0.0765. The van der Waals surface area contributed by atoms with E-state index in [1.807, 2.05) is 51.1 Å². The van der Waals surface area contributed by atoms with Crippen LogP contribution in [0.25, 0.3) is 22.2 Å². The molecule has 0 aliphatic heterocycles. The number of nitrogens with zero attached hydrogens (tertiary/aromatic N) is 4. The SMILES string of the molecule is Cc1cc(-c2[nH]ncc2C)c2cccc(OCc3c(C)ccnc3Cn3ccc(C(F)(F)F)cc3=O)c2n1. The third-order valence-electron chi connectivity index (χ3n) is 6.42. The number of halogens is 3. The van der Waals surface area contributed by atoms with E-state index < -0.39 is 17.3 Å². The van der Waals surface area contributed by atoms with Crippen molar-refractivity contribution in [3.05, 3.63) is 105 Å². The Morgan fingerprint density at radius 3 is 2.58 bits per heavy atom. The van der Waals surface area contributed by atoms with Crippen molar-refractivity contribution >= 4 is 10.9 Å². The fraction of sp³-hybridized carbons (Fsp3) is 0.214. The first-order valence-corrected chi connectivity index (χ1v) is 11.9. The Morgan fingerprint density at radius 2 is 1.87 bits per heavy atom. The van der Waals surface area contributed by atoms with Gasteiger partial charge in [-0.25, -0.2) is 4.98 Å². The van der Waals surface area contributed by atoms with Crippen LogP contribution in [-0.2, 0) is 19.3 Å². The van der Waals surface area contributed by atoms with E-state index in [0.29, 0.717) is 23.0 Å². The Balaban J connectivity index is 1.47. The van der Waals surface area contributed by atoms with Gasteiger partial charge in [0.15, 0.2) is 0 Å². The van der Waals surface area contributed by atoms with Crippen molar-refractivity contribution in [3.8, 4) is 17.0 Å². The van der Waals surface area contributed by atoms with Gasteiger partial charge in [-0.2, -0.15) is 18.3 Å². The molecule has 0 unspecified atom stereocenters. The van der Waals surface area contributed by atoms with E-state index in [-0.39, 0.29) is 13.2 Å². The van der Waals surface area contributed by atoms with Gasteiger partial charge in [0.25, 0.3) is 5.56 Å². The zero-order chi connectivity index (χ0) is 27.0. The van der Waals surface area contributed by atoms with E-state index in [1.165, 1.54) is 4.57 Å². The van der Waals surface area contributed by atoms with Gasteiger partial charge in [0, 0.05) is 40.7 Å². The maximum absolute atomic E-state index is 13.0. The maximum Gasteiger partial charge on any atom is 0.416 e. The van der Waals surface area contributed by atoms with Gasteiger partial charge < -0.3 is 9.30 Å². The number of H-pyrrole nitrogens is 1. The van der Waals surface area contributed by atoms with Gasteiger partial charge in [0.2, 0.25) is 0 Å². The highest BCUT2D eigenvalue weighted by Gasteiger charge is 2.31. The van der Waals surface area contributed by atoms with Gasteiger partial charge in [-0.1, -0.05) is 12.1 Å². The van der Waals surface area contributed by atoms with Crippen molar-refractivity contribution in [2.75, 3.05) is 0 Å². The molecule has 0 atom stereocenters. The van der Waals surface area contributed by atoms with Crippen molar-refractivity contribution in [2.24, 2.45) is 0 Å². The quantitative estimate of drug-likeness (QED) is 0.309. The lowest BCUT2D eigenvalue weighted by molar-refractivity contribution is -0.137. The lowest BCUT2D eigenvalue weighted by Crippen LogP contribution is -2.23. The average molecular weight is 520 g/mol. The number of alkyl halides is 3. The molecule has 1 aromatic carbocycles. The number of aryl methyl sites for hydroxylation is 3. The minimum absolute atomic E-state index is 0.00743. The van der Waals surface area contributed by atoms with Crippen molar-refractivity contribution < 1.29 is 17.9 Å². The molecule has 0 radical (unpaired) electrons. The van der Waals surface area contributed by atoms with Crippen molar-refractivity contribution in [1.29, 1.82) is 0 Å². The third kappa shape index (κ3) is 4.89. The monoisotopic (exact) mass is 519 g/mol. The van der Waals surface area contributed by atoms with Crippen LogP contribution in [0.5, 0.6) is 5.75 Å². The normalized spacial score (nSPS) is 11.7. The summed E-state index contributed by atoms with van der Waals surface area (Å²) in [7, 11) is 0. The molecule has 10 heteroatoms.